The molecule has 7 aromatic carbocycles. The number of nitrogens with zero attached hydrogens (tertiary/aromatic N) is 2. The molecule has 50 heavy (non-hydrogen) atoms. The summed E-state index contributed by atoms with van der Waals surface area (Å²) in [5.41, 5.74) is 12.6. The summed E-state index contributed by atoms with van der Waals surface area (Å²) in [5, 5.41) is 8.38. The molecule has 2 aromatic heterocycles. The van der Waals surface area contributed by atoms with Crippen molar-refractivity contribution < 1.29 is 4.42 Å². The summed E-state index contributed by atoms with van der Waals surface area (Å²) in [7, 11) is 0. The van der Waals surface area contributed by atoms with Crippen molar-refractivity contribution in [3.63, 3.8) is 0 Å². The van der Waals surface area contributed by atoms with Gasteiger partial charge in [0.1, 0.15) is 11.7 Å². The number of hydrogen-bond donors (Lipinski definition) is 1. The van der Waals surface area contributed by atoms with Crippen molar-refractivity contribution in [1.82, 2.24) is 9.88 Å². The zero-order valence-electron chi connectivity index (χ0n) is 27.1. The minimum absolute atomic E-state index is 0.224. The van der Waals surface area contributed by atoms with E-state index in [2.05, 4.69) is 168 Å². The third-order valence-electron chi connectivity index (χ3n) is 9.84. The van der Waals surface area contributed by atoms with Gasteiger partial charge in [-0.3, -0.25) is 4.99 Å². The molecule has 0 aliphatic carbocycles. The average Bonchev–Trinajstić information content (AvgIpc) is 3.75. The maximum Gasteiger partial charge on any atom is 0.159 e. The molecule has 9 aromatic rings. The van der Waals surface area contributed by atoms with Crippen LogP contribution in [0.15, 0.2) is 185 Å². The minimum Gasteiger partial charge on any atom is -0.453 e. The highest BCUT2D eigenvalue weighted by Gasteiger charge is 2.24. The van der Waals surface area contributed by atoms with Crippen LogP contribution in [0.3, 0.4) is 0 Å². The molecule has 1 N–H and O–H groups in total. The van der Waals surface area contributed by atoms with Crippen LogP contribution in [-0.4, -0.2) is 10.3 Å². The second-order valence-corrected chi connectivity index (χ2v) is 12.8. The number of para-hydroxylation sites is 3. The molecule has 1 atom stereocenters. The second-order valence-electron chi connectivity index (χ2n) is 12.8. The maximum atomic E-state index is 6.90. The van der Waals surface area contributed by atoms with Crippen molar-refractivity contribution in [3.8, 4) is 16.8 Å². The Bertz CT molecular complexity index is 2770. The SMILES string of the molecule is C1=C(c2cccc3c2c2ccccc2n3-c2cccc3c2oc2c(-c4ccccc4)cccc23)NC(c2ccccc2)N=C1c1ccccc1. The first kappa shape index (κ1) is 28.4. The van der Waals surface area contributed by atoms with E-state index < -0.39 is 0 Å². The first-order chi connectivity index (χ1) is 24.8. The molecule has 0 amide bonds. The first-order valence-electron chi connectivity index (χ1n) is 17.0. The van der Waals surface area contributed by atoms with Crippen LogP contribution in [0.1, 0.15) is 22.9 Å². The molecule has 1 aliphatic rings. The van der Waals surface area contributed by atoms with Gasteiger partial charge in [0.2, 0.25) is 0 Å². The van der Waals surface area contributed by atoms with Crippen LogP contribution in [0.2, 0.25) is 0 Å². The Morgan fingerprint density at radius 3 is 1.90 bits per heavy atom. The highest BCUT2D eigenvalue weighted by Crippen LogP contribution is 2.42. The van der Waals surface area contributed by atoms with Gasteiger partial charge in [-0.1, -0.05) is 152 Å². The topological polar surface area (TPSA) is 42.5 Å². The highest BCUT2D eigenvalue weighted by atomic mass is 16.3. The molecule has 0 bridgehead atoms. The first-order valence-corrected chi connectivity index (χ1v) is 17.0. The zero-order valence-corrected chi connectivity index (χ0v) is 27.1. The Labute approximate surface area is 289 Å². The lowest BCUT2D eigenvalue weighted by Gasteiger charge is -2.25. The third kappa shape index (κ3) is 4.50. The fourth-order valence-corrected chi connectivity index (χ4v) is 7.58. The number of furan rings is 1. The van der Waals surface area contributed by atoms with Gasteiger partial charge in [-0.25, -0.2) is 0 Å². The molecule has 0 spiro atoms. The van der Waals surface area contributed by atoms with Gasteiger partial charge in [-0.15, -0.1) is 0 Å². The van der Waals surface area contributed by atoms with Gasteiger partial charge in [0.05, 0.1) is 22.4 Å². The van der Waals surface area contributed by atoms with E-state index in [9.17, 15) is 0 Å². The van der Waals surface area contributed by atoms with E-state index in [1.807, 2.05) is 18.2 Å². The van der Waals surface area contributed by atoms with Crippen LogP contribution in [0.25, 0.3) is 66.3 Å². The molecule has 1 aliphatic heterocycles. The summed E-state index contributed by atoms with van der Waals surface area (Å²) in [6.45, 7) is 0. The van der Waals surface area contributed by atoms with E-state index in [-0.39, 0.29) is 6.17 Å². The predicted octanol–water partition coefficient (Wildman–Crippen LogP) is 11.5. The molecule has 4 heteroatoms. The Morgan fingerprint density at radius 1 is 0.500 bits per heavy atom. The number of aromatic nitrogens is 1. The number of hydrogen-bond acceptors (Lipinski definition) is 3. The Kier molecular flexibility index (Phi) is 6.53. The zero-order chi connectivity index (χ0) is 33.0. The van der Waals surface area contributed by atoms with Gasteiger partial charge in [-0.2, -0.15) is 0 Å². The number of allylic oxidation sites excluding steroid dienone is 1. The summed E-state index contributed by atoms with van der Waals surface area (Å²) in [6, 6.07) is 59.6. The molecular weight excluding hydrogens is 611 g/mol. The number of nitrogens with one attached hydrogen (secondary N) is 1. The number of rotatable bonds is 5. The molecule has 4 nitrogen and oxygen atoms in total. The van der Waals surface area contributed by atoms with Crippen LogP contribution < -0.4 is 5.32 Å². The summed E-state index contributed by atoms with van der Waals surface area (Å²) in [5.74, 6) is 0. The van der Waals surface area contributed by atoms with E-state index in [1.165, 1.54) is 10.8 Å². The van der Waals surface area contributed by atoms with E-state index in [0.717, 1.165) is 77.9 Å². The average molecular weight is 642 g/mol. The summed E-state index contributed by atoms with van der Waals surface area (Å²) >= 11 is 0. The summed E-state index contributed by atoms with van der Waals surface area (Å²) < 4.78 is 9.27. The number of fused-ring (bicyclic) bond motifs is 6. The summed E-state index contributed by atoms with van der Waals surface area (Å²) in [4.78, 5) is 5.19. The quantitative estimate of drug-likeness (QED) is 0.203. The van der Waals surface area contributed by atoms with Gasteiger partial charge in [0.25, 0.3) is 0 Å². The predicted molar refractivity (Wildman–Crippen MR) is 207 cm³/mol. The van der Waals surface area contributed by atoms with Crippen LogP contribution in [0.5, 0.6) is 0 Å². The molecule has 0 saturated carbocycles. The van der Waals surface area contributed by atoms with Crippen LogP contribution in [0, 0.1) is 0 Å². The second kappa shape index (κ2) is 11.5. The van der Waals surface area contributed by atoms with Crippen molar-refractivity contribution >= 4 is 55.2 Å². The lowest BCUT2D eigenvalue weighted by molar-refractivity contribution is 0.664. The van der Waals surface area contributed by atoms with E-state index in [0.29, 0.717) is 0 Å². The van der Waals surface area contributed by atoms with E-state index in [4.69, 9.17) is 9.41 Å². The van der Waals surface area contributed by atoms with Crippen molar-refractivity contribution in [3.05, 3.63) is 193 Å². The standard InChI is InChI=1S/C46H31N3O/c1-4-15-30(16-5-1)33-22-12-23-34-35-24-13-28-42(45(35)50-44(33)34)49-40-26-11-10-21-37(40)43-36(25-14-27-41(43)49)39-29-38(31-17-6-2-7-18-31)47-46(48-39)32-19-8-3-9-20-32/h1-29,46,48H. The molecule has 1 unspecified atom stereocenters. The van der Waals surface area contributed by atoms with Crippen LogP contribution in [0.4, 0.5) is 0 Å². The van der Waals surface area contributed by atoms with Gasteiger partial charge in [-0.05, 0) is 41.0 Å². The van der Waals surface area contributed by atoms with Crippen molar-refractivity contribution in [2.24, 2.45) is 4.99 Å². The Hall–Kier alpha value is -6.65. The van der Waals surface area contributed by atoms with Gasteiger partial charge < -0.3 is 14.3 Å². The third-order valence-corrected chi connectivity index (χ3v) is 9.84. The fraction of sp³-hybridized carbons (Fsp3) is 0.0217. The highest BCUT2D eigenvalue weighted by molar-refractivity contribution is 6.19. The van der Waals surface area contributed by atoms with Crippen molar-refractivity contribution in [2.75, 3.05) is 0 Å². The fourth-order valence-electron chi connectivity index (χ4n) is 7.58. The van der Waals surface area contributed by atoms with Crippen molar-refractivity contribution in [1.29, 1.82) is 0 Å². The lowest BCUT2D eigenvalue weighted by Crippen LogP contribution is -2.24. The molecule has 0 radical (unpaired) electrons. The Morgan fingerprint density at radius 2 is 1.10 bits per heavy atom. The molecule has 0 saturated heterocycles. The molecule has 3 heterocycles. The van der Waals surface area contributed by atoms with Gasteiger partial charge >= 0.3 is 0 Å². The summed E-state index contributed by atoms with van der Waals surface area (Å²) in [6.07, 6.45) is 1.97. The van der Waals surface area contributed by atoms with Crippen LogP contribution >= 0.6 is 0 Å². The number of benzene rings is 7. The molecule has 0 fully saturated rings. The molecular formula is C46H31N3O. The molecule has 236 valence electrons. The maximum absolute atomic E-state index is 6.90. The van der Waals surface area contributed by atoms with Gasteiger partial charge in [0.15, 0.2) is 5.58 Å². The smallest absolute Gasteiger partial charge is 0.159 e. The largest absolute Gasteiger partial charge is 0.453 e. The normalized spacial score (nSPS) is 14.6. The Balaban J connectivity index is 1.21. The van der Waals surface area contributed by atoms with Gasteiger partial charge in [0, 0.05) is 38.4 Å². The van der Waals surface area contributed by atoms with Crippen molar-refractivity contribution in [2.45, 2.75) is 6.17 Å². The van der Waals surface area contributed by atoms with Crippen LogP contribution in [-0.2, 0) is 0 Å². The monoisotopic (exact) mass is 641 g/mol. The van der Waals surface area contributed by atoms with E-state index in [1.54, 1.807) is 0 Å². The molecule has 10 rings (SSSR count). The minimum atomic E-state index is -0.224. The number of aliphatic imine (C=N–C) groups is 1. The lowest BCUT2D eigenvalue weighted by atomic mass is 9.98. The van der Waals surface area contributed by atoms with E-state index >= 15 is 0 Å².